The van der Waals surface area contributed by atoms with Gasteiger partial charge in [0.2, 0.25) is 0 Å². The second-order valence-electron chi connectivity index (χ2n) is 4.72. The van der Waals surface area contributed by atoms with E-state index in [0.717, 1.165) is 22.2 Å². The van der Waals surface area contributed by atoms with Gasteiger partial charge < -0.3 is 4.98 Å². The fourth-order valence-corrected chi connectivity index (χ4v) is 2.61. The standard InChI is InChI=1S/C15H10BrF3N2/c16-11-3-1-2-9(6-11)7-14-20-12-5-4-10(15(17,18)19)8-13(12)21-14/h1-6,8H,7H2,(H,20,21). The van der Waals surface area contributed by atoms with Crippen LogP contribution in [0.1, 0.15) is 17.0 Å². The molecular weight excluding hydrogens is 345 g/mol. The molecule has 0 saturated heterocycles. The Labute approximate surface area is 127 Å². The van der Waals surface area contributed by atoms with Gasteiger partial charge in [-0.15, -0.1) is 0 Å². The highest BCUT2D eigenvalue weighted by Crippen LogP contribution is 2.31. The van der Waals surface area contributed by atoms with Gasteiger partial charge in [0.1, 0.15) is 5.82 Å². The van der Waals surface area contributed by atoms with Crippen molar-refractivity contribution in [1.29, 1.82) is 0 Å². The quantitative estimate of drug-likeness (QED) is 0.694. The predicted molar refractivity (Wildman–Crippen MR) is 78.0 cm³/mol. The molecule has 0 saturated carbocycles. The van der Waals surface area contributed by atoms with Crippen LogP contribution in [-0.2, 0) is 12.6 Å². The van der Waals surface area contributed by atoms with Crippen molar-refractivity contribution in [1.82, 2.24) is 9.97 Å². The molecule has 0 bridgehead atoms. The Bertz CT molecular complexity index is 793. The third-order valence-electron chi connectivity index (χ3n) is 3.12. The van der Waals surface area contributed by atoms with E-state index in [1.807, 2.05) is 24.3 Å². The summed E-state index contributed by atoms with van der Waals surface area (Å²) in [5.74, 6) is 0.641. The number of benzene rings is 2. The van der Waals surface area contributed by atoms with Crippen molar-refractivity contribution in [3.05, 3.63) is 63.9 Å². The topological polar surface area (TPSA) is 28.7 Å². The first-order valence-corrected chi connectivity index (χ1v) is 7.01. The first kappa shape index (κ1) is 14.1. The Hall–Kier alpha value is -1.82. The van der Waals surface area contributed by atoms with E-state index in [-0.39, 0.29) is 0 Å². The van der Waals surface area contributed by atoms with Crippen LogP contribution < -0.4 is 0 Å². The maximum Gasteiger partial charge on any atom is 0.416 e. The van der Waals surface area contributed by atoms with Gasteiger partial charge in [-0.25, -0.2) is 4.98 Å². The summed E-state index contributed by atoms with van der Waals surface area (Å²) in [6.07, 6.45) is -3.81. The van der Waals surface area contributed by atoms with E-state index in [9.17, 15) is 13.2 Å². The van der Waals surface area contributed by atoms with Crippen LogP contribution >= 0.6 is 15.9 Å². The summed E-state index contributed by atoms with van der Waals surface area (Å²) in [5, 5.41) is 0. The summed E-state index contributed by atoms with van der Waals surface area (Å²) < 4.78 is 39.0. The fourth-order valence-electron chi connectivity index (χ4n) is 2.16. The highest BCUT2D eigenvalue weighted by molar-refractivity contribution is 9.10. The van der Waals surface area contributed by atoms with Crippen LogP contribution in [-0.4, -0.2) is 9.97 Å². The molecule has 0 amide bonds. The van der Waals surface area contributed by atoms with E-state index in [1.165, 1.54) is 6.07 Å². The number of rotatable bonds is 2. The van der Waals surface area contributed by atoms with Crippen LogP contribution in [0.2, 0.25) is 0 Å². The van der Waals surface area contributed by atoms with Crippen LogP contribution in [0.25, 0.3) is 11.0 Å². The molecular formula is C15H10BrF3N2. The van der Waals surface area contributed by atoms with Crippen LogP contribution in [0.15, 0.2) is 46.9 Å². The van der Waals surface area contributed by atoms with Crippen molar-refractivity contribution >= 4 is 27.0 Å². The van der Waals surface area contributed by atoms with Crippen molar-refractivity contribution in [2.45, 2.75) is 12.6 Å². The first-order chi connectivity index (χ1) is 9.91. The number of fused-ring (bicyclic) bond motifs is 1. The molecule has 108 valence electrons. The lowest BCUT2D eigenvalue weighted by Crippen LogP contribution is -2.04. The average Bonchev–Trinajstić information content (AvgIpc) is 2.78. The molecule has 21 heavy (non-hydrogen) atoms. The van der Waals surface area contributed by atoms with Gasteiger partial charge >= 0.3 is 6.18 Å². The third-order valence-corrected chi connectivity index (χ3v) is 3.61. The molecule has 0 aliphatic rings. The highest BCUT2D eigenvalue weighted by atomic mass is 79.9. The van der Waals surface area contributed by atoms with Gasteiger partial charge in [-0.05, 0) is 35.9 Å². The Morgan fingerprint density at radius 2 is 1.90 bits per heavy atom. The Kier molecular flexibility index (Phi) is 3.49. The minimum absolute atomic E-state index is 0.398. The fraction of sp³-hybridized carbons (Fsp3) is 0.133. The second-order valence-corrected chi connectivity index (χ2v) is 5.64. The molecule has 0 atom stereocenters. The summed E-state index contributed by atoms with van der Waals surface area (Å²) in [4.78, 5) is 7.27. The number of alkyl halides is 3. The smallest absolute Gasteiger partial charge is 0.342 e. The number of halogens is 4. The lowest BCUT2D eigenvalue weighted by Gasteiger charge is -2.05. The van der Waals surface area contributed by atoms with Gasteiger partial charge in [0.25, 0.3) is 0 Å². The van der Waals surface area contributed by atoms with Crippen molar-refractivity contribution < 1.29 is 13.2 Å². The Balaban J connectivity index is 1.94. The number of nitrogens with zero attached hydrogens (tertiary/aromatic N) is 1. The van der Waals surface area contributed by atoms with E-state index in [0.29, 0.717) is 23.3 Å². The molecule has 1 N–H and O–H groups in total. The monoisotopic (exact) mass is 354 g/mol. The van der Waals surface area contributed by atoms with E-state index in [4.69, 9.17) is 0 Å². The maximum absolute atomic E-state index is 12.7. The normalized spacial score (nSPS) is 12.0. The first-order valence-electron chi connectivity index (χ1n) is 6.22. The number of H-pyrrole nitrogens is 1. The van der Waals surface area contributed by atoms with Crippen molar-refractivity contribution in [2.75, 3.05) is 0 Å². The van der Waals surface area contributed by atoms with Crippen molar-refractivity contribution in [3.8, 4) is 0 Å². The number of aromatic nitrogens is 2. The summed E-state index contributed by atoms with van der Waals surface area (Å²) in [6.45, 7) is 0. The largest absolute Gasteiger partial charge is 0.416 e. The number of hydrogen-bond acceptors (Lipinski definition) is 1. The SMILES string of the molecule is FC(F)(F)c1ccc2nc(Cc3cccc(Br)c3)[nH]c2c1. The van der Waals surface area contributed by atoms with Gasteiger partial charge in [0.15, 0.2) is 0 Å². The zero-order valence-electron chi connectivity index (χ0n) is 10.7. The van der Waals surface area contributed by atoms with Crippen LogP contribution in [0.3, 0.4) is 0 Å². The molecule has 0 aliphatic heterocycles. The summed E-state index contributed by atoms with van der Waals surface area (Å²) in [6, 6.07) is 11.2. The molecule has 1 aromatic heterocycles. The maximum atomic E-state index is 12.7. The molecule has 3 aromatic rings. The number of imidazole rings is 1. The molecule has 2 nitrogen and oxygen atoms in total. The molecule has 2 aromatic carbocycles. The molecule has 0 fully saturated rings. The number of aromatic amines is 1. The van der Waals surface area contributed by atoms with Crippen LogP contribution in [0.5, 0.6) is 0 Å². The summed E-state index contributed by atoms with van der Waals surface area (Å²) in [5.41, 5.74) is 1.29. The molecule has 0 aliphatic carbocycles. The predicted octanol–water partition coefficient (Wildman–Crippen LogP) is 4.94. The zero-order chi connectivity index (χ0) is 15.0. The lowest BCUT2D eigenvalue weighted by molar-refractivity contribution is -0.137. The molecule has 0 spiro atoms. The van der Waals surface area contributed by atoms with Gasteiger partial charge in [-0.2, -0.15) is 13.2 Å². The molecule has 6 heteroatoms. The van der Waals surface area contributed by atoms with E-state index >= 15 is 0 Å². The van der Waals surface area contributed by atoms with Gasteiger partial charge in [0.05, 0.1) is 16.6 Å². The van der Waals surface area contributed by atoms with Crippen LogP contribution in [0.4, 0.5) is 13.2 Å². The number of nitrogens with one attached hydrogen (secondary N) is 1. The third kappa shape index (κ3) is 3.10. The molecule has 0 unspecified atom stereocenters. The van der Waals surface area contributed by atoms with Gasteiger partial charge in [0, 0.05) is 10.9 Å². The minimum atomic E-state index is -4.34. The van der Waals surface area contributed by atoms with Crippen molar-refractivity contribution in [3.63, 3.8) is 0 Å². The minimum Gasteiger partial charge on any atom is -0.342 e. The molecule has 1 heterocycles. The second kappa shape index (κ2) is 5.18. The van der Waals surface area contributed by atoms with E-state index in [2.05, 4.69) is 25.9 Å². The molecule has 0 radical (unpaired) electrons. The van der Waals surface area contributed by atoms with Gasteiger partial charge in [-0.1, -0.05) is 28.1 Å². The Morgan fingerprint density at radius 3 is 2.62 bits per heavy atom. The lowest BCUT2D eigenvalue weighted by atomic mass is 10.1. The zero-order valence-corrected chi connectivity index (χ0v) is 12.3. The van der Waals surface area contributed by atoms with Crippen molar-refractivity contribution in [2.24, 2.45) is 0 Å². The number of hydrogen-bond donors (Lipinski definition) is 1. The van der Waals surface area contributed by atoms with Crippen LogP contribution in [0, 0.1) is 0 Å². The van der Waals surface area contributed by atoms with Gasteiger partial charge in [-0.3, -0.25) is 0 Å². The summed E-state index contributed by atoms with van der Waals surface area (Å²) >= 11 is 3.39. The average molecular weight is 355 g/mol. The highest BCUT2D eigenvalue weighted by Gasteiger charge is 2.30. The molecule has 3 rings (SSSR count). The van der Waals surface area contributed by atoms with E-state index in [1.54, 1.807) is 0 Å². The summed E-state index contributed by atoms with van der Waals surface area (Å²) in [7, 11) is 0. The Morgan fingerprint density at radius 1 is 1.10 bits per heavy atom. The van der Waals surface area contributed by atoms with E-state index < -0.39 is 11.7 Å².